The van der Waals surface area contributed by atoms with Gasteiger partial charge in [-0.15, -0.1) is 6.58 Å². The molecule has 2 aliphatic heterocycles. The van der Waals surface area contributed by atoms with E-state index in [0.29, 0.717) is 5.56 Å². The van der Waals surface area contributed by atoms with Crippen LogP contribution in [0.5, 0.6) is 0 Å². The molecular formula is C20H23FN2O2S. The molecule has 2 aliphatic rings. The predicted molar refractivity (Wildman–Crippen MR) is 105 cm³/mol. The number of halogens is 1. The highest BCUT2D eigenvalue weighted by atomic mass is 32.2. The minimum Gasteiger partial charge on any atom is -0.369 e. The third-order valence-corrected chi connectivity index (χ3v) is 6.13. The molecule has 0 bridgehead atoms. The van der Waals surface area contributed by atoms with Gasteiger partial charge in [-0.1, -0.05) is 13.0 Å². The SMILES string of the molecule is C=CCN1C(=O)S/C(=C/c2cc3c(cc2F)N(C)C(C)(C)CC3C)C1=O. The molecular weight excluding hydrogens is 351 g/mol. The van der Waals surface area contributed by atoms with Gasteiger partial charge in [-0.2, -0.15) is 0 Å². The third-order valence-electron chi connectivity index (χ3n) is 5.22. The van der Waals surface area contributed by atoms with Gasteiger partial charge in [-0.25, -0.2) is 4.39 Å². The Kier molecular flexibility index (Phi) is 4.73. The molecule has 26 heavy (non-hydrogen) atoms. The standard InChI is InChI=1S/C20H23FN2O2S/c1-6-7-23-18(24)17(26-19(23)25)9-13-8-14-12(2)11-20(3,4)22(5)16(14)10-15(13)21/h6,8-10,12H,1,7,11H2,2-5H3/b17-9+. The van der Waals surface area contributed by atoms with E-state index in [1.807, 2.05) is 13.1 Å². The number of rotatable bonds is 3. The fourth-order valence-corrected chi connectivity index (χ4v) is 4.48. The van der Waals surface area contributed by atoms with Gasteiger partial charge in [0.05, 0.1) is 4.91 Å². The average molecular weight is 374 g/mol. The number of amides is 2. The molecule has 1 aromatic carbocycles. The number of imide groups is 1. The monoisotopic (exact) mass is 374 g/mol. The van der Waals surface area contributed by atoms with Crippen molar-refractivity contribution in [2.45, 2.75) is 38.6 Å². The van der Waals surface area contributed by atoms with Crippen molar-refractivity contribution < 1.29 is 14.0 Å². The molecule has 1 fully saturated rings. The fourth-order valence-electron chi connectivity index (χ4n) is 3.64. The van der Waals surface area contributed by atoms with E-state index in [-0.39, 0.29) is 28.1 Å². The highest BCUT2D eigenvalue weighted by Gasteiger charge is 2.36. The molecule has 1 aromatic rings. The second kappa shape index (κ2) is 6.58. The molecule has 0 radical (unpaired) electrons. The fraction of sp³-hybridized carbons (Fsp3) is 0.400. The van der Waals surface area contributed by atoms with Crippen LogP contribution in [0.4, 0.5) is 14.9 Å². The molecule has 1 unspecified atom stereocenters. The van der Waals surface area contributed by atoms with E-state index in [1.54, 1.807) is 0 Å². The van der Waals surface area contributed by atoms with E-state index in [1.165, 1.54) is 18.2 Å². The van der Waals surface area contributed by atoms with Crippen LogP contribution in [0.1, 0.15) is 44.2 Å². The van der Waals surface area contributed by atoms with E-state index >= 15 is 0 Å². The number of carbonyl (C=O) groups is 2. The zero-order valence-corrected chi connectivity index (χ0v) is 16.3. The van der Waals surface area contributed by atoms with E-state index in [9.17, 15) is 14.0 Å². The first-order valence-electron chi connectivity index (χ1n) is 8.59. The van der Waals surface area contributed by atoms with Gasteiger partial charge >= 0.3 is 0 Å². The number of fused-ring (bicyclic) bond motifs is 1. The normalized spacial score (nSPS) is 23.6. The number of hydrogen-bond donors (Lipinski definition) is 0. The van der Waals surface area contributed by atoms with Crippen LogP contribution < -0.4 is 4.90 Å². The molecule has 2 amide bonds. The average Bonchev–Trinajstić information content (AvgIpc) is 2.82. The quantitative estimate of drug-likeness (QED) is 0.564. The maximum atomic E-state index is 14.7. The summed E-state index contributed by atoms with van der Waals surface area (Å²) in [6.07, 6.45) is 3.94. The van der Waals surface area contributed by atoms with Gasteiger partial charge < -0.3 is 4.90 Å². The molecule has 1 saturated heterocycles. The molecule has 3 rings (SSSR count). The van der Waals surface area contributed by atoms with E-state index in [0.717, 1.165) is 34.3 Å². The van der Waals surface area contributed by atoms with Crippen LogP contribution in [0.3, 0.4) is 0 Å². The summed E-state index contributed by atoms with van der Waals surface area (Å²) in [5, 5.41) is -0.352. The first-order valence-corrected chi connectivity index (χ1v) is 9.41. The minimum atomic E-state index is -0.400. The Morgan fingerprint density at radius 1 is 1.38 bits per heavy atom. The van der Waals surface area contributed by atoms with Gasteiger partial charge in [0, 0.05) is 30.4 Å². The smallest absolute Gasteiger partial charge is 0.293 e. The summed E-state index contributed by atoms with van der Waals surface area (Å²) in [5.74, 6) is -0.515. The lowest BCUT2D eigenvalue weighted by Crippen LogP contribution is -2.45. The van der Waals surface area contributed by atoms with E-state index in [2.05, 4.69) is 32.3 Å². The van der Waals surface area contributed by atoms with Gasteiger partial charge in [-0.3, -0.25) is 14.5 Å². The summed E-state index contributed by atoms with van der Waals surface area (Å²) in [4.78, 5) is 27.7. The molecule has 0 spiro atoms. The Bertz CT molecular complexity index is 831. The number of carbonyl (C=O) groups excluding carboxylic acids is 2. The van der Waals surface area contributed by atoms with Crippen molar-refractivity contribution in [3.63, 3.8) is 0 Å². The van der Waals surface area contributed by atoms with Gasteiger partial charge in [0.15, 0.2) is 0 Å². The van der Waals surface area contributed by atoms with Crippen LogP contribution in [-0.2, 0) is 4.79 Å². The molecule has 1 atom stereocenters. The molecule has 0 saturated carbocycles. The molecule has 0 aromatic heterocycles. The van der Waals surface area contributed by atoms with Crippen molar-refractivity contribution in [1.29, 1.82) is 0 Å². The molecule has 4 nitrogen and oxygen atoms in total. The van der Waals surface area contributed by atoms with Crippen LogP contribution >= 0.6 is 11.8 Å². The summed E-state index contributed by atoms with van der Waals surface area (Å²) in [7, 11) is 1.98. The summed E-state index contributed by atoms with van der Waals surface area (Å²) in [6.45, 7) is 10.1. The molecule has 2 heterocycles. The van der Waals surface area contributed by atoms with Crippen LogP contribution in [0.2, 0.25) is 0 Å². The summed E-state index contributed by atoms with van der Waals surface area (Å²) in [5.41, 5.74) is 2.23. The first-order chi connectivity index (χ1) is 12.2. The molecule has 0 aliphatic carbocycles. The maximum Gasteiger partial charge on any atom is 0.293 e. The Morgan fingerprint density at radius 3 is 2.73 bits per heavy atom. The van der Waals surface area contributed by atoms with Gasteiger partial charge in [0.25, 0.3) is 11.1 Å². The van der Waals surface area contributed by atoms with Gasteiger partial charge in [0.2, 0.25) is 0 Å². The van der Waals surface area contributed by atoms with Crippen LogP contribution in [-0.4, -0.2) is 35.2 Å². The van der Waals surface area contributed by atoms with Crippen molar-refractivity contribution in [3.8, 4) is 0 Å². The lowest BCUT2D eigenvalue weighted by molar-refractivity contribution is -0.122. The number of thioether (sulfide) groups is 1. The van der Waals surface area contributed by atoms with E-state index < -0.39 is 11.7 Å². The number of nitrogens with zero attached hydrogens (tertiary/aromatic N) is 2. The zero-order chi connectivity index (χ0) is 19.2. The molecule has 138 valence electrons. The van der Waals surface area contributed by atoms with Gasteiger partial charge in [-0.05, 0) is 61.7 Å². The topological polar surface area (TPSA) is 40.6 Å². The summed E-state index contributed by atoms with van der Waals surface area (Å²) < 4.78 is 14.7. The summed E-state index contributed by atoms with van der Waals surface area (Å²) >= 11 is 0.837. The second-order valence-electron chi connectivity index (χ2n) is 7.49. The van der Waals surface area contributed by atoms with Crippen LogP contribution in [0, 0.1) is 5.82 Å². The van der Waals surface area contributed by atoms with Crippen molar-refractivity contribution in [2.75, 3.05) is 18.5 Å². The first kappa shape index (κ1) is 18.7. The van der Waals surface area contributed by atoms with Crippen molar-refractivity contribution in [3.05, 3.63) is 46.6 Å². The minimum absolute atomic E-state index is 0.0479. The van der Waals surface area contributed by atoms with E-state index in [4.69, 9.17) is 0 Å². The largest absolute Gasteiger partial charge is 0.369 e. The van der Waals surface area contributed by atoms with Crippen molar-refractivity contribution in [1.82, 2.24) is 4.90 Å². The highest BCUT2D eigenvalue weighted by Crippen LogP contribution is 2.44. The maximum absolute atomic E-state index is 14.7. The van der Waals surface area contributed by atoms with Gasteiger partial charge in [0.1, 0.15) is 5.82 Å². The highest BCUT2D eigenvalue weighted by molar-refractivity contribution is 8.18. The number of hydrogen-bond acceptors (Lipinski definition) is 4. The Hall–Kier alpha value is -2.08. The van der Waals surface area contributed by atoms with Crippen molar-refractivity contribution in [2.24, 2.45) is 0 Å². The Morgan fingerprint density at radius 2 is 2.08 bits per heavy atom. The Labute approximate surface area is 157 Å². The second-order valence-corrected chi connectivity index (χ2v) is 8.48. The third kappa shape index (κ3) is 3.07. The van der Waals surface area contributed by atoms with Crippen LogP contribution in [0.25, 0.3) is 6.08 Å². The predicted octanol–water partition coefficient (Wildman–Crippen LogP) is 4.77. The van der Waals surface area contributed by atoms with Crippen molar-refractivity contribution >= 4 is 34.7 Å². The summed E-state index contributed by atoms with van der Waals surface area (Å²) in [6, 6.07) is 3.34. The molecule has 0 N–H and O–H groups in total. The van der Waals surface area contributed by atoms with Crippen LogP contribution in [0.15, 0.2) is 29.7 Å². The lowest BCUT2D eigenvalue weighted by Gasteiger charge is -2.45. The molecule has 6 heteroatoms. The lowest BCUT2D eigenvalue weighted by atomic mass is 9.80. The number of benzene rings is 1. The Balaban J connectivity index is 2.01. The number of anilines is 1. The zero-order valence-electron chi connectivity index (χ0n) is 15.5.